The fourth-order valence-electron chi connectivity index (χ4n) is 2.06. The fourth-order valence-corrected chi connectivity index (χ4v) is 2.06. The summed E-state index contributed by atoms with van der Waals surface area (Å²) in [5.74, 6) is -0.651. The number of rotatable bonds is 4. The number of carboxylic acid groups (broad SMARTS) is 1. The summed E-state index contributed by atoms with van der Waals surface area (Å²) in [5.41, 5.74) is 0.539. The normalized spacial score (nSPS) is 16.2. The lowest BCUT2D eigenvalue weighted by molar-refractivity contribution is -0.144. The van der Waals surface area contributed by atoms with E-state index in [2.05, 4.69) is 0 Å². The highest BCUT2D eigenvalue weighted by Crippen LogP contribution is 2.18. The van der Waals surface area contributed by atoms with Gasteiger partial charge in [-0.2, -0.15) is 0 Å². The van der Waals surface area contributed by atoms with Crippen molar-refractivity contribution in [3.05, 3.63) is 29.8 Å². The van der Waals surface area contributed by atoms with Crippen LogP contribution in [0, 0.1) is 0 Å². The summed E-state index contributed by atoms with van der Waals surface area (Å²) in [6, 6.07) is 6.67. The molecule has 1 heterocycles. The molecule has 0 aliphatic carbocycles. The Morgan fingerprint density at radius 3 is 2.63 bits per heavy atom. The Morgan fingerprint density at radius 2 is 2.00 bits per heavy atom. The minimum Gasteiger partial charge on any atom is -0.479 e. The maximum absolute atomic E-state index is 12.2. The van der Waals surface area contributed by atoms with E-state index in [9.17, 15) is 9.59 Å². The monoisotopic (exact) mass is 263 g/mol. The standard InChI is InChI=1S/C14H17NO4/c1-10(14(17)18)19-12-6-4-5-11(9-12)13(16)15-7-2-3-8-15/h4-6,9-10H,2-3,7-8H2,1H3,(H,17,18). The molecule has 1 aromatic carbocycles. The first-order chi connectivity index (χ1) is 9.08. The fraction of sp³-hybridized carbons (Fsp3) is 0.429. The van der Waals surface area contributed by atoms with E-state index in [1.165, 1.54) is 6.92 Å². The van der Waals surface area contributed by atoms with E-state index in [4.69, 9.17) is 9.84 Å². The van der Waals surface area contributed by atoms with Crippen molar-refractivity contribution < 1.29 is 19.4 Å². The molecule has 0 spiro atoms. The molecule has 0 bridgehead atoms. The zero-order chi connectivity index (χ0) is 13.8. The number of benzene rings is 1. The second kappa shape index (κ2) is 5.73. The minimum absolute atomic E-state index is 0.0223. The van der Waals surface area contributed by atoms with Crippen molar-refractivity contribution in [3.63, 3.8) is 0 Å². The summed E-state index contributed by atoms with van der Waals surface area (Å²) in [5, 5.41) is 8.79. The predicted octanol–water partition coefficient (Wildman–Crippen LogP) is 1.77. The number of carbonyl (C=O) groups excluding carboxylic acids is 1. The van der Waals surface area contributed by atoms with Gasteiger partial charge in [0.15, 0.2) is 6.10 Å². The van der Waals surface area contributed by atoms with Gasteiger partial charge in [-0.3, -0.25) is 4.79 Å². The molecule has 5 nitrogen and oxygen atoms in total. The lowest BCUT2D eigenvalue weighted by Crippen LogP contribution is -2.27. The average molecular weight is 263 g/mol. The van der Waals surface area contributed by atoms with Crippen LogP contribution in [0.15, 0.2) is 24.3 Å². The van der Waals surface area contributed by atoms with Crippen molar-refractivity contribution in [3.8, 4) is 5.75 Å². The largest absolute Gasteiger partial charge is 0.479 e. The molecule has 2 rings (SSSR count). The molecular formula is C14H17NO4. The molecule has 0 aromatic heterocycles. The van der Waals surface area contributed by atoms with E-state index < -0.39 is 12.1 Å². The molecule has 1 aliphatic heterocycles. The zero-order valence-electron chi connectivity index (χ0n) is 10.8. The molecule has 0 saturated carbocycles. The van der Waals surface area contributed by atoms with Gasteiger partial charge in [0.05, 0.1) is 0 Å². The molecule has 102 valence electrons. The Balaban J connectivity index is 2.10. The maximum atomic E-state index is 12.2. The van der Waals surface area contributed by atoms with Crippen LogP contribution in [0.2, 0.25) is 0 Å². The Morgan fingerprint density at radius 1 is 1.32 bits per heavy atom. The highest BCUT2D eigenvalue weighted by atomic mass is 16.5. The van der Waals surface area contributed by atoms with Crippen molar-refractivity contribution in [2.75, 3.05) is 13.1 Å². The second-order valence-electron chi connectivity index (χ2n) is 4.63. The van der Waals surface area contributed by atoms with Gasteiger partial charge in [0.2, 0.25) is 0 Å². The van der Waals surface area contributed by atoms with Crippen molar-refractivity contribution >= 4 is 11.9 Å². The van der Waals surface area contributed by atoms with Crippen LogP contribution in [0.4, 0.5) is 0 Å². The maximum Gasteiger partial charge on any atom is 0.344 e. The van der Waals surface area contributed by atoms with Crippen LogP contribution in [0.1, 0.15) is 30.1 Å². The van der Waals surface area contributed by atoms with E-state index in [1.807, 2.05) is 0 Å². The van der Waals surface area contributed by atoms with E-state index in [1.54, 1.807) is 29.2 Å². The third kappa shape index (κ3) is 3.24. The van der Waals surface area contributed by atoms with Crippen LogP contribution in [-0.2, 0) is 4.79 Å². The third-order valence-electron chi connectivity index (χ3n) is 3.13. The molecule has 1 amide bonds. The first kappa shape index (κ1) is 13.4. The summed E-state index contributed by atoms with van der Waals surface area (Å²) in [6.45, 7) is 3.03. The van der Waals surface area contributed by atoms with Crippen LogP contribution >= 0.6 is 0 Å². The van der Waals surface area contributed by atoms with Gasteiger partial charge in [-0.1, -0.05) is 6.07 Å². The number of nitrogens with zero attached hydrogens (tertiary/aromatic N) is 1. The van der Waals surface area contributed by atoms with Crippen molar-refractivity contribution in [2.24, 2.45) is 0 Å². The quantitative estimate of drug-likeness (QED) is 0.899. The van der Waals surface area contributed by atoms with E-state index >= 15 is 0 Å². The van der Waals surface area contributed by atoms with Crippen molar-refractivity contribution in [1.82, 2.24) is 4.90 Å². The number of carboxylic acids is 1. The lowest BCUT2D eigenvalue weighted by atomic mass is 10.2. The molecule has 1 aliphatic rings. The van der Waals surface area contributed by atoms with Gasteiger partial charge in [-0.25, -0.2) is 4.79 Å². The first-order valence-corrected chi connectivity index (χ1v) is 6.37. The van der Waals surface area contributed by atoms with Crippen LogP contribution in [0.25, 0.3) is 0 Å². The SMILES string of the molecule is CC(Oc1cccc(C(=O)N2CCCC2)c1)C(=O)O. The number of hydrogen-bond donors (Lipinski definition) is 1. The Kier molecular flexibility index (Phi) is 4.04. The van der Waals surface area contributed by atoms with Gasteiger partial charge in [-0.05, 0) is 38.0 Å². The smallest absolute Gasteiger partial charge is 0.344 e. The van der Waals surface area contributed by atoms with Gasteiger partial charge in [0, 0.05) is 18.7 Å². The number of amides is 1. The summed E-state index contributed by atoms with van der Waals surface area (Å²) in [6.07, 6.45) is 1.15. The molecule has 1 N–H and O–H groups in total. The van der Waals surface area contributed by atoms with Crippen LogP contribution in [-0.4, -0.2) is 41.1 Å². The summed E-state index contributed by atoms with van der Waals surface area (Å²) >= 11 is 0. The highest BCUT2D eigenvalue weighted by molar-refractivity contribution is 5.94. The molecule has 0 radical (unpaired) electrons. The first-order valence-electron chi connectivity index (χ1n) is 6.37. The number of aliphatic carboxylic acids is 1. The summed E-state index contributed by atoms with van der Waals surface area (Å²) in [4.78, 5) is 24.7. The Labute approximate surface area is 111 Å². The zero-order valence-corrected chi connectivity index (χ0v) is 10.8. The number of hydrogen-bond acceptors (Lipinski definition) is 3. The Bertz CT molecular complexity index is 480. The van der Waals surface area contributed by atoms with E-state index in [-0.39, 0.29) is 5.91 Å². The second-order valence-corrected chi connectivity index (χ2v) is 4.63. The third-order valence-corrected chi connectivity index (χ3v) is 3.13. The minimum atomic E-state index is -1.03. The van der Waals surface area contributed by atoms with Crippen LogP contribution in [0.5, 0.6) is 5.75 Å². The lowest BCUT2D eigenvalue weighted by Gasteiger charge is -2.16. The number of likely N-dealkylation sites (tertiary alicyclic amines) is 1. The Hall–Kier alpha value is -2.04. The molecule has 1 saturated heterocycles. The summed E-state index contributed by atoms with van der Waals surface area (Å²) < 4.78 is 5.26. The number of ether oxygens (including phenoxy) is 1. The molecule has 5 heteroatoms. The van der Waals surface area contributed by atoms with Gasteiger partial charge in [0.1, 0.15) is 5.75 Å². The van der Waals surface area contributed by atoms with Gasteiger partial charge >= 0.3 is 5.97 Å². The molecule has 1 aromatic rings. The van der Waals surface area contributed by atoms with Gasteiger partial charge in [-0.15, -0.1) is 0 Å². The van der Waals surface area contributed by atoms with Crippen LogP contribution in [0.3, 0.4) is 0 Å². The summed E-state index contributed by atoms with van der Waals surface area (Å²) in [7, 11) is 0. The van der Waals surface area contributed by atoms with E-state index in [0.717, 1.165) is 25.9 Å². The van der Waals surface area contributed by atoms with Crippen molar-refractivity contribution in [1.29, 1.82) is 0 Å². The van der Waals surface area contributed by atoms with Crippen molar-refractivity contribution in [2.45, 2.75) is 25.9 Å². The van der Waals surface area contributed by atoms with E-state index in [0.29, 0.717) is 11.3 Å². The average Bonchev–Trinajstić information content (AvgIpc) is 2.92. The van der Waals surface area contributed by atoms with Gasteiger partial charge < -0.3 is 14.7 Å². The predicted molar refractivity (Wildman–Crippen MR) is 69.3 cm³/mol. The topological polar surface area (TPSA) is 66.8 Å². The van der Waals surface area contributed by atoms with Crippen LogP contribution < -0.4 is 4.74 Å². The van der Waals surface area contributed by atoms with Gasteiger partial charge in [0.25, 0.3) is 5.91 Å². The molecule has 1 atom stereocenters. The molecule has 19 heavy (non-hydrogen) atoms. The highest BCUT2D eigenvalue weighted by Gasteiger charge is 2.20. The molecule has 1 fully saturated rings. The number of carbonyl (C=O) groups is 2. The molecule has 1 unspecified atom stereocenters. The molecular weight excluding hydrogens is 246 g/mol.